The molecule has 1 aromatic heterocycles. The molecule has 2 heterocycles. The van der Waals surface area contributed by atoms with Crippen LogP contribution in [0, 0.1) is 6.92 Å². The van der Waals surface area contributed by atoms with Gasteiger partial charge in [-0.15, -0.1) is 0 Å². The lowest BCUT2D eigenvalue weighted by molar-refractivity contribution is 0.0703. The van der Waals surface area contributed by atoms with Crippen LogP contribution in [-0.4, -0.2) is 36.5 Å². The molecule has 1 fully saturated rings. The highest BCUT2D eigenvalue weighted by molar-refractivity contribution is 5.94. The average Bonchev–Trinajstić information content (AvgIpc) is 2.90. The minimum atomic E-state index is 0.0769. The number of hydrogen-bond acceptors (Lipinski definition) is 3. The Morgan fingerprint density at radius 2 is 2.50 bits per heavy atom. The average molecular weight is 222 g/mol. The predicted octanol–water partition coefficient (Wildman–Crippen LogP) is 1.41. The molecule has 16 heavy (non-hydrogen) atoms. The fraction of sp³-hybridized carbons (Fsp3) is 0.583. The quantitative estimate of drug-likeness (QED) is 0.841. The second-order valence-electron chi connectivity index (χ2n) is 4.18. The van der Waals surface area contributed by atoms with Gasteiger partial charge in [0.25, 0.3) is 5.91 Å². The summed E-state index contributed by atoms with van der Waals surface area (Å²) in [7, 11) is 0. The van der Waals surface area contributed by atoms with Gasteiger partial charge in [-0.05, 0) is 32.9 Å². The lowest BCUT2D eigenvalue weighted by Gasteiger charge is -2.26. The Labute approximate surface area is 95.6 Å². The predicted molar refractivity (Wildman–Crippen MR) is 61.4 cm³/mol. The van der Waals surface area contributed by atoms with Gasteiger partial charge in [-0.25, -0.2) is 0 Å². The molecule has 0 spiro atoms. The summed E-state index contributed by atoms with van der Waals surface area (Å²) in [5.74, 6) is 0.858. The van der Waals surface area contributed by atoms with Gasteiger partial charge >= 0.3 is 0 Å². The first kappa shape index (κ1) is 11.2. The number of nitrogens with one attached hydrogen (secondary N) is 1. The van der Waals surface area contributed by atoms with Gasteiger partial charge in [0.1, 0.15) is 12.0 Å². The van der Waals surface area contributed by atoms with Crippen LogP contribution in [0.1, 0.15) is 29.5 Å². The molecule has 0 aromatic carbocycles. The van der Waals surface area contributed by atoms with Crippen LogP contribution in [-0.2, 0) is 0 Å². The third-order valence-corrected chi connectivity index (χ3v) is 3.05. The van der Waals surface area contributed by atoms with Crippen LogP contribution < -0.4 is 5.32 Å². The summed E-state index contributed by atoms with van der Waals surface area (Å²) in [5, 5.41) is 3.28. The van der Waals surface area contributed by atoms with Crippen molar-refractivity contribution in [3.8, 4) is 0 Å². The molecule has 2 rings (SSSR count). The second-order valence-corrected chi connectivity index (χ2v) is 4.18. The molecule has 1 aromatic rings. The second kappa shape index (κ2) is 4.70. The molecule has 0 radical (unpaired) electrons. The van der Waals surface area contributed by atoms with E-state index in [1.165, 1.54) is 0 Å². The van der Waals surface area contributed by atoms with E-state index in [9.17, 15) is 4.79 Å². The molecule has 88 valence electrons. The van der Waals surface area contributed by atoms with Gasteiger partial charge in [0.05, 0.1) is 5.56 Å². The van der Waals surface area contributed by atoms with Gasteiger partial charge in [-0.3, -0.25) is 4.79 Å². The van der Waals surface area contributed by atoms with Crippen molar-refractivity contribution >= 4 is 5.91 Å². The first-order valence-electron chi connectivity index (χ1n) is 5.79. The largest absolute Gasteiger partial charge is 0.469 e. The molecule has 0 aliphatic carbocycles. The third-order valence-electron chi connectivity index (χ3n) is 3.05. The maximum absolute atomic E-state index is 12.2. The van der Waals surface area contributed by atoms with Crippen molar-refractivity contribution in [2.75, 3.05) is 19.6 Å². The molecule has 1 N–H and O–H groups in total. The lowest BCUT2D eigenvalue weighted by atomic mass is 10.2. The van der Waals surface area contributed by atoms with Crippen LogP contribution >= 0.6 is 0 Å². The maximum atomic E-state index is 12.2. The SMILES string of the molecule is CCN(C(=O)c1coc(C)c1)C1CCNC1. The fourth-order valence-electron chi connectivity index (χ4n) is 2.19. The van der Waals surface area contributed by atoms with E-state index in [1.54, 1.807) is 12.3 Å². The van der Waals surface area contributed by atoms with E-state index in [0.29, 0.717) is 11.6 Å². The Morgan fingerprint density at radius 3 is 3.00 bits per heavy atom. The Morgan fingerprint density at radius 1 is 1.69 bits per heavy atom. The van der Waals surface area contributed by atoms with Crippen LogP contribution in [0.2, 0.25) is 0 Å². The number of hydrogen-bond donors (Lipinski definition) is 1. The summed E-state index contributed by atoms with van der Waals surface area (Å²) in [4.78, 5) is 14.1. The number of furan rings is 1. The number of amides is 1. The number of likely N-dealkylation sites (N-methyl/N-ethyl adjacent to an activating group) is 1. The standard InChI is InChI=1S/C12H18N2O2/c1-3-14(11-4-5-13-7-11)12(15)10-6-9(2)16-8-10/h6,8,11,13H,3-5,7H2,1-2H3. The Balaban J connectivity index is 2.11. The topological polar surface area (TPSA) is 45.5 Å². The van der Waals surface area contributed by atoms with E-state index < -0.39 is 0 Å². The van der Waals surface area contributed by atoms with E-state index >= 15 is 0 Å². The molecular formula is C12H18N2O2. The summed E-state index contributed by atoms with van der Waals surface area (Å²) in [6.45, 7) is 6.51. The summed E-state index contributed by atoms with van der Waals surface area (Å²) in [6, 6.07) is 2.13. The monoisotopic (exact) mass is 222 g/mol. The number of nitrogens with zero attached hydrogens (tertiary/aromatic N) is 1. The third kappa shape index (κ3) is 2.11. The minimum absolute atomic E-state index is 0.0769. The zero-order valence-electron chi connectivity index (χ0n) is 9.82. The molecule has 4 heteroatoms. The van der Waals surface area contributed by atoms with Gasteiger partial charge in [0.15, 0.2) is 0 Å². The number of aryl methyl sites for hydroxylation is 1. The van der Waals surface area contributed by atoms with Gasteiger partial charge in [0, 0.05) is 19.1 Å². The molecular weight excluding hydrogens is 204 g/mol. The molecule has 0 saturated carbocycles. The van der Waals surface area contributed by atoms with Gasteiger partial charge in [0.2, 0.25) is 0 Å². The normalized spacial score (nSPS) is 20.0. The van der Waals surface area contributed by atoms with Gasteiger partial charge in [-0.2, -0.15) is 0 Å². The highest BCUT2D eigenvalue weighted by Gasteiger charge is 2.26. The summed E-state index contributed by atoms with van der Waals surface area (Å²) in [6.07, 6.45) is 2.58. The lowest BCUT2D eigenvalue weighted by Crippen LogP contribution is -2.41. The van der Waals surface area contributed by atoms with Crippen molar-refractivity contribution in [2.45, 2.75) is 26.3 Å². The van der Waals surface area contributed by atoms with Crippen molar-refractivity contribution < 1.29 is 9.21 Å². The molecule has 1 aliphatic rings. The smallest absolute Gasteiger partial charge is 0.257 e. The number of carbonyl (C=O) groups is 1. The summed E-state index contributed by atoms with van der Waals surface area (Å²) >= 11 is 0. The van der Waals surface area contributed by atoms with E-state index in [4.69, 9.17) is 4.42 Å². The van der Waals surface area contributed by atoms with Gasteiger partial charge < -0.3 is 14.6 Å². The van der Waals surface area contributed by atoms with Crippen LogP contribution in [0.25, 0.3) is 0 Å². The zero-order valence-corrected chi connectivity index (χ0v) is 9.82. The number of carbonyl (C=O) groups excluding carboxylic acids is 1. The maximum Gasteiger partial charge on any atom is 0.257 e. The van der Waals surface area contributed by atoms with E-state index in [0.717, 1.165) is 31.8 Å². The first-order valence-corrected chi connectivity index (χ1v) is 5.79. The first-order chi connectivity index (χ1) is 7.72. The Hall–Kier alpha value is -1.29. The highest BCUT2D eigenvalue weighted by atomic mass is 16.3. The Bertz CT molecular complexity index is 367. The number of rotatable bonds is 3. The van der Waals surface area contributed by atoms with Crippen LogP contribution in [0.15, 0.2) is 16.7 Å². The Kier molecular flexibility index (Phi) is 3.29. The van der Waals surface area contributed by atoms with Crippen molar-refractivity contribution in [3.63, 3.8) is 0 Å². The molecule has 4 nitrogen and oxygen atoms in total. The van der Waals surface area contributed by atoms with E-state index in [1.807, 2.05) is 18.7 Å². The fourth-order valence-corrected chi connectivity index (χ4v) is 2.19. The zero-order chi connectivity index (χ0) is 11.5. The molecule has 1 amide bonds. The van der Waals surface area contributed by atoms with Crippen molar-refractivity contribution in [1.82, 2.24) is 10.2 Å². The summed E-state index contributed by atoms with van der Waals surface area (Å²) in [5.41, 5.74) is 0.659. The van der Waals surface area contributed by atoms with Crippen molar-refractivity contribution in [1.29, 1.82) is 0 Å². The minimum Gasteiger partial charge on any atom is -0.469 e. The van der Waals surface area contributed by atoms with Crippen LogP contribution in [0.5, 0.6) is 0 Å². The molecule has 1 saturated heterocycles. The van der Waals surface area contributed by atoms with Crippen LogP contribution in [0.4, 0.5) is 0 Å². The molecule has 1 atom stereocenters. The van der Waals surface area contributed by atoms with Gasteiger partial charge in [-0.1, -0.05) is 0 Å². The van der Waals surface area contributed by atoms with Crippen LogP contribution in [0.3, 0.4) is 0 Å². The summed E-state index contributed by atoms with van der Waals surface area (Å²) < 4.78 is 5.18. The molecule has 1 unspecified atom stereocenters. The molecule has 1 aliphatic heterocycles. The highest BCUT2D eigenvalue weighted by Crippen LogP contribution is 2.15. The van der Waals surface area contributed by atoms with Crippen molar-refractivity contribution in [3.05, 3.63) is 23.7 Å². The van der Waals surface area contributed by atoms with Crippen molar-refractivity contribution in [2.24, 2.45) is 0 Å². The molecule has 0 bridgehead atoms. The van der Waals surface area contributed by atoms with E-state index in [-0.39, 0.29) is 5.91 Å². The van der Waals surface area contributed by atoms with E-state index in [2.05, 4.69) is 5.32 Å².